The van der Waals surface area contributed by atoms with Gasteiger partial charge in [0.05, 0.1) is 6.54 Å². The highest BCUT2D eigenvalue weighted by molar-refractivity contribution is 5.94. The topological polar surface area (TPSA) is 77.1 Å². The van der Waals surface area contributed by atoms with Gasteiger partial charge >= 0.3 is 0 Å². The number of amides is 1. The van der Waals surface area contributed by atoms with Gasteiger partial charge in [-0.25, -0.2) is 14.6 Å². The molecule has 1 aliphatic carbocycles. The molecule has 2 atom stereocenters. The van der Waals surface area contributed by atoms with Gasteiger partial charge in [0.15, 0.2) is 5.82 Å². The molecule has 4 rings (SSSR count). The number of aromatic nitrogens is 4. The van der Waals surface area contributed by atoms with E-state index in [2.05, 4.69) is 22.0 Å². The summed E-state index contributed by atoms with van der Waals surface area (Å²) in [6.45, 7) is 2.65. The lowest BCUT2D eigenvalue weighted by Gasteiger charge is -2.16. The Morgan fingerprint density at radius 3 is 2.96 bits per heavy atom. The summed E-state index contributed by atoms with van der Waals surface area (Å²) in [6.07, 6.45) is 5.75. The molecule has 1 fully saturated rings. The molecule has 0 N–H and O–H groups in total. The highest BCUT2D eigenvalue weighted by atomic mass is 16.3. The Hall–Kier alpha value is -2.96. The van der Waals surface area contributed by atoms with Gasteiger partial charge in [-0.3, -0.25) is 4.79 Å². The molecule has 7 nitrogen and oxygen atoms in total. The van der Waals surface area contributed by atoms with E-state index < -0.39 is 0 Å². The Morgan fingerprint density at radius 2 is 2.24 bits per heavy atom. The lowest BCUT2D eigenvalue weighted by atomic mass is 10.2. The largest absolute Gasteiger partial charge is 0.464 e. The van der Waals surface area contributed by atoms with Gasteiger partial charge in [-0.15, -0.1) is 0 Å². The minimum Gasteiger partial charge on any atom is -0.464 e. The van der Waals surface area contributed by atoms with Gasteiger partial charge in [0.1, 0.15) is 24.2 Å². The lowest BCUT2D eigenvalue weighted by molar-refractivity contribution is 0.0774. The van der Waals surface area contributed by atoms with E-state index in [4.69, 9.17) is 4.42 Å². The van der Waals surface area contributed by atoms with Gasteiger partial charge in [0, 0.05) is 24.7 Å². The van der Waals surface area contributed by atoms with E-state index in [1.165, 1.54) is 17.4 Å². The molecular formula is C18H19N5O2. The first kappa shape index (κ1) is 15.6. The third-order valence-electron chi connectivity index (χ3n) is 4.54. The van der Waals surface area contributed by atoms with Crippen LogP contribution in [0.5, 0.6) is 0 Å². The molecular weight excluding hydrogens is 318 g/mol. The number of carbonyl (C=O) groups excluding carboxylic acids is 1. The number of nitrogens with zero attached hydrogens (tertiary/aromatic N) is 5. The summed E-state index contributed by atoms with van der Waals surface area (Å²) in [7, 11) is 1.76. The summed E-state index contributed by atoms with van der Waals surface area (Å²) in [6, 6.07) is 7.38. The lowest BCUT2D eigenvalue weighted by Crippen LogP contribution is -2.26. The minimum atomic E-state index is -0.0958. The van der Waals surface area contributed by atoms with Crippen LogP contribution in [0, 0.1) is 5.92 Å². The van der Waals surface area contributed by atoms with E-state index in [1.54, 1.807) is 36.6 Å². The van der Waals surface area contributed by atoms with Gasteiger partial charge in [0.25, 0.3) is 5.91 Å². The van der Waals surface area contributed by atoms with Crippen LogP contribution in [0.3, 0.4) is 0 Å². The van der Waals surface area contributed by atoms with Crippen molar-refractivity contribution in [3.8, 4) is 5.82 Å². The Morgan fingerprint density at radius 1 is 1.40 bits per heavy atom. The Bertz CT molecular complexity index is 887. The van der Waals surface area contributed by atoms with Crippen molar-refractivity contribution in [2.45, 2.75) is 25.8 Å². The first-order valence-corrected chi connectivity index (χ1v) is 8.27. The Kier molecular flexibility index (Phi) is 3.83. The zero-order valence-corrected chi connectivity index (χ0v) is 14.2. The molecule has 0 unspecified atom stereocenters. The first-order valence-electron chi connectivity index (χ1n) is 8.27. The number of carbonyl (C=O) groups is 1. The molecule has 0 saturated heterocycles. The third-order valence-corrected chi connectivity index (χ3v) is 4.54. The highest BCUT2D eigenvalue weighted by Gasteiger charge is 2.36. The van der Waals surface area contributed by atoms with E-state index in [0.717, 1.165) is 11.5 Å². The highest BCUT2D eigenvalue weighted by Crippen LogP contribution is 2.47. The normalized spacial score (nSPS) is 19.0. The molecule has 1 amide bonds. The van der Waals surface area contributed by atoms with Crippen molar-refractivity contribution in [1.82, 2.24) is 24.6 Å². The van der Waals surface area contributed by atoms with Crippen molar-refractivity contribution in [3.63, 3.8) is 0 Å². The maximum absolute atomic E-state index is 12.7. The van der Waals surface area contributed by atoms with E-state index in [0.29, 0.717) is 29.8 Å². The fourth-order valence-electron chi connectivity index (χ4n) is 2.93. The summed E-state index contributed by atoms with van der Waals surface area (Å²) in [5.74, 6) is 3.53. The van der Waals surface area contributed by atoms with Crippen molar-refractivity contribution in [2.75, 3.05) is 7.05 Å². The Balaban J connectivity index is 1.47. The van der Waals surface area contributed by atoms with Crippen LogP contribution in [0.15, 0.2) is 47.5 Å². The number of pyridine rings is 1. The molecule has 7 heteroatoms. The molecule has 0 bridgehead atoms. The molecule has 128 valence electrons. The van der Waals surface area contributed by atoms with Crippen molar-refractivity contribution < 1.29 is 9.21 Å². The van der Waals surface area contributed by atoms with Gasteiger partial charge in [0.2, 0.25) is 0 Å². The first-order chi connectivity index (χ1) is 12.1. The van der Waals surface area contributed by atoms with Crippen molar-refractivity contribution in [3.05, 3.63) is 60.2 Å². The predicted octanol–water partition coefficient (Wildman–Crippen LogP) is 2.65. The zero-order chi connectivity index (χ0) is 17.4. The monoisotopic (exact) mass is 337 g/mol. The second-order valence-corrected chi connectivity index (χ2v) is 6.53. The molecule has 3 heterocycles. The van der Waals surface area contributed by atoms with Crippen molar-refractivity contribution in [1.29, 1.82) is 0 Å². The third kappa shape index (κ3) is 3.17. The van der Waals surface area contributed by atoms with Crippen LogP contribution in [0.25, 0.3) is 5.82 Å². The van der Waals surface area contributed by atoms with E-state index in [9.17, 15) is 4.79 Å². The maximum Gasteiger partial charge on any atom is 0.254 e. The number of hydrogen-bond acceptors (Lipinski definition) is 5. The molecule has 1 saturated carbocycles. The molecule has 0 aromatic carbocycles. The van der Waals surface area contributed by atoms with Gasteiger partial charge < -0.3 is 9.32 Å². The number of rotatable bonds is 5. The molecule has 3 aromatic heterocycles. The second-order valence-electron chi connectivity index (χ2n) is 6.53. The van der Waals surface area contributed by atoms with Gasteiger partial charge in [-0.05, 0) is 36.6 Å². The molecule has 0 spiro atoms. The van der Waals surface area contributed by atoms with E-state index >= 15 is 0 Å². The van der Waals surface area contributed by atoms with Crippen LogP contribution in [0.4, 0.5) is 0 Å². The summed E-state index contributed by atoms with van der Waals surface area (Å²) in [4.78, 5) is 22.4. The Labute approximate surface area is 145 Å². The van der Waals surface area contributed by atoms with Crippen LogP contribution < -0.4 is 0 Å². The van der Waals surface area contributed by atoms with Crippen LogP contribution >= 0.6 is 0 Å². The number of hydrogen-bond donors (Lipinski definition) is 0. The van der Waals surface area contributed by atoms with Crippen molar-refractivity contribution in [2.24, 2.45) is 5.92 Å². The molecule has 0 aliphatic heterocycles. The zero-order valence-electron chi connectivity index (χ0n) is 14.2. The second kappa shape index (κ2) is 6.16. The van der Waals surface area contributed by atoms with Crippen LogP contribution in [0.2, 0.25) is 0 Å². The average molecular weight is 337 g/mol. The van der Waals surface area contributed by atoms with Crippen LogP contribution in [-0.4, -0.2) is 37.6 Å². The van der Waals surface area contributed by atoms with Crippen LogP contribution in [0.1, 0.15) is 41.1 Å². The minimum absolute atomic E-state index is 0.0958. The molecule has 0 radical (unpaired) electrons. The van der Waals surface area contributed by atoms with E-state index in [-0.39, 0.29) is 5.91 Å². The standard InChI is InChI=1S/C18H19N5O2/c1-12-7-15(12)16-4-3-14(25-16)9-22(2)18(24)13-5-6-20-17(8-13)23-11-19-10-21-23/h3-6,8,10-12,15H,7,9H2,1-2H3/t12-,15-/m0/s1. The summed E-state index contributed by atoms with van der Waals surface area (Å²) < 4.78 is 7.41. The fourth-order valence-corrected chi connectivity index (χ4v) is 2.93. The van der Waals surface area contributed by atoms with Crippen LogP contribution in [-0.2, 0) is 6.54 Å². The average Bonchev–Trinajstić information content (AvgIpc) is 3.05. The smallest absolute Gasteiger partial charge is 0.254 e. The summed E-state index contributed by atoms with van der Waals surface area (Å²) in [5, 5.41) is 4.03. The molecule has 25 heavy (non-hydrogen) atoms. The quantitative estimate of drug-likeness (QED) is 0.715. The fraction of sp³-hybridized carbons (Fsp3) is 0.333. The summed E-state index contributed by atoms with van der Waals surface area (Å²) >= 11 is 0. The predicted molar refractivity (Wildman–Crippen MR) is 90.2 cm³/mol. The SMILES string of the molecule is C[C@H]1C[C@@H]1c1ccc(CN(C)C(=O)c2ccnc(-n3cncn3)c2)o1. The maximum atomic E-state index is 12.7. The van der Waals surface area contributed by atoms with Crippen molar-refractivity contribution >= 4 is 5.91 Å². The molecule has 3 aromatic rings. The van der Waals surface area contributed by atoms with Gasteiger partial charge in [-0.2, -0.15) is 5.10 Å². The number of furan rings is 1. The summed E-state index contributed by atoms with van der Waals surface area (Å²) in [5.41, 5.74) is 0.547. The van der Waals surface area contributed by atoms with Gasteiger partial charge in [-0.1, -0.05) is 6.92 Å². The van der Waals surface area contributed by atoms with E-state index in [1.807, 2.05) is 12.1 Å². The molecule has 1 aliphatic rings.